The number of aromatic nitrogens is 1. The summed E-state index contributed by atoms with van der Waals surface area (Å²) >= 11 is 3.25. The van der Waals surface area contributed by atoms with E-state index in [4.69, 9.17) is 9.73 Å². The topological polar surface area (TPSA) is 84.2 Å². The number of thiazole rings is 1. The van der Waals surface area contributed by atoms with Crippen LogP contribution in [-0.2, 0) is 26.1 Å². The molecule has 2 aromatic heterocycles. The molecule has 0 unspecified atom stereocenters. The van der Waals surface area contributed by atoms with Gasteiger partial charge in [-0.25, -0.2) is 13.4 Å². The van der Waals surface area contributed by atoms with Gasteiger partial charge < -0.3 is 14.2 Å². The molecule has 2 fully saturated rings. The average Bonchev–Trinajstić information content (AvgIpc) is 3.63. The van der Waals surface area contributed by atoms with E-state index < -0.39 is 10.0 Å². The van der Waals surface area contributed by atoms with Crippen molar-refractivity contribution in [1.29, 1.82) is 0 Å². The summed E-state index contributed by atoms with van der Waals surface area (Å²) in [4.78, 5) is 21.1. The highest BCUT2D eigenvalue weighted by atomic mass is 32.2. The van der Waals surface area contributed by atoms with Gasteiger partial charge in [-0.2, -0.15) is 4.31 Å². The van der Waals surface area contributed by atoms with E-state index in [1.807, 2.05) is 11.0 Å². The highest BCUT2D eigenvalue weighted by Gasteiger charge is 2.26. The molecular weight excluding hydrogens is 504 g/mol. The summed E-state index contributed by atoms with van der Waals surface area (Å²) in [5, 5.41) is 4.17. The van der Waals surface area contributed by atoms with Crippen LogP contribution in [0.15, 0.2) is 57.0 Å². The van der Waals surface area contributed by atoms with Crippen LogP contribution in [0.4, 0.5) is 5.69 Å². The third-order valence-corrected chi connectivity index (χ3v) is 9.89. The van der Waals surface area contributed by atoms with Crippen LogP contribution < -0.4 is 4.80 Å². The van der Waals surface area contributed by atoms with Crippen LogP contribution in [0.5, 0.6) is 0 Å². The Bertz CT molecular complexity index is 1320. The maximum atomic E-state index is 12.9. The molecule has 186 valence electrons. The van der Waals surface area contributed by atoms with E-state index in [-0.39, 0.29) is 10.8 Å². The standard InChI is InChI=1S/C24H28N4O4S3/c29-23-5-1-10-26(23)11-3-12-28-21(22-4-2-17-33-22)18-34-24(28)25-19-6-8-20(9-7-19)35(30,31)27-13-15-32-16-14-27/h2,4,6-9,17-18H,1,3,5,10-16H2. The van der Waals surface area contributed by atoms with Crippen LogP contribution in [0.25, 0.3) is 10.6 Å². The van der Waals surface area contributed by atoms with E-state index in [2.05, 4.69) is 21.4 Å². The molecule has 0 aliphatic carbocycles. The molecule has 4 heterocycles. The third kappa shape index (κ3) is 5.44. The Kier molecular flexibility index (Phi) is 7.49. The molecular formula is C24H28N4O4S3. The average molecular weight is 533 g/mol. The molecule has 5 rings (SSSR count). The lowest BCUT2D eigenvalue weighted by atomic mass is 10.3. The largest absolute Gasteiger partial charge is 0.379 e. The molecule has 35 heavy (non-hydrogen) atoms. The highest BCUT2D eigenvalue weighted by Crippen LogP contribution is 2.26. The zero-order valence-electron chi connectivity index (χ0n) is 19.3. The predicted octanol–water partition coefficient (Wildman–Crippen LogP) is 3.54. The number of carbonyl (C=O) groups excluding carboxylic acids is 1. The van der Waals surface area contributed by atoms with E-state index in [0.717, 1.165) is 43.0 Å². The number of nitrogens with zero attached hydrogens (tertiary/aromatic N) is 4. The number of hydrogen-bond donors (Lipinski definition) is 0. The summed E-state index contributed by atoms with van der Waals surface area (Å²) < 4.78 is 34.8. The monoisotopic (exact) mass is 532 g/mol. The van der Waals surface area contributed by atoms with Crippen molar-refractivity contribution in [3.63, 3.8) is 0 Å². The predicted molar refractivity (Wildman–Crippen MR) is 137 cm³/mol. The molecule has 0 N–H and O–H groups in total. The molecule has 0 atom stereocenters. The minimum atomic E-state index is -3.53. The second kappa shape index (κ2) is 10.8. The zero-order chi connectivity index (χ0) is 24.3. The van der Waals surface area contributed by atoms with Crippen LogP contribution in [0, 0.1) is 0 Å². The molecule has 0 radical (unpaired) electrons. The van der Waals surface area contributed by atoms with Crippen molar-refractivity contribution in [2.45, 2.75) is 30.7 Å². The number of thiophene rings is 1. The van der Waals surface area contributed by atoms with Crippen LogP contribution in [0.1, 0.15) is 19.3 Å². The van der Waals surface area contributed by atoms with Gasteiger partial charge in [-0.3, -0.25) is 4.79 Å². The lowest BCUT2D eigenvalue weighted by molar-refractivity contribution is -0.127. The van der Waals surface area contributed by atoms with Crippen LogP contribution >= 0.6 is 22.7 Å². The summed E-state index contributed by atoms with van der Waals surface area (Å²) in [6.45, 7) is 3.94. The van der Waals surface area contributed by atoms with Crippen molar-refractivity contribution in [1.82, 2.24) is 13.8 Å². The molecule has 3 aromatic rings. The Morgan fingerprint density at radius 3 is 2.49 bits per heavy atom. The van der Waals surface area contributed by atoms with Gasteiger partial charge in [-0.1, -0.05) is 6.07 Å². The first-order valence-electron chi connectivity index (χ1n) is 11.7. The lowest BCUT2D eigenvalue weighted by Crippen LogP contribution is -2.40. The Balaban J connectivity index is 1.39. The van der Waals surface area contributed by atoms with E-state index >= 15 is 0 Å². The molecule has 2 aliphatic rings. The summed E-state index contributed by atoms with van der Waals surface area (Å²) in [5.41, 5.74) is 1.82. The van der Waals surface area contributed by atoms with Gasteiger partial charge in [0, 0.05) is 44.5 Å². The number of ether oxygens (including phenoxy) is 1. The lowest BCUT2D eigenvalue weighted by Gasteiger charge is -2.26. The normalized spacial score (nSPS) is 18.0. The number of benzene rings is 1. The van der Waals surface area contributed by atoms with Crippen molar-refractivity contribution in [3.05, 3.63) is 52.0 Å². The SMILES string of the molecule is O=C1CCCN1CCCn1c(-c2cccs2)csc1=Nc1ccc(S(=O)(=O)N2CCOCC2)cc1. The van der Waals surface area contributed by atoms with Gasteiger partial charge in [0.1, 0.15) is 0 Å². The Morgan fingerprint density at radius 2 is 1.80 bits per heavy atom. The molecule has 0 saturated carbocycles. The number of morpholine rings is 1. The number of sulfonamides is 1. The van der Waals surface area contributed by atoms with Crippen molar-refractivity contribution in [2.75, 3.05) is 39.4 Å². The fraction of sp³-hybridized carbons (Fsp3) is 0.417. The first kappa shape index (κ1) is 24.4. The minimum absolute atomic E-state index is 0.246. The van der Waals surface area contributed by atoms with Crippen LogP contribution in [0.2, 0.25) is 0 Å². The molecule has 0 bridgehead atoms. The van der Waals surface area contributed by atoms with Crippen molar-refractivity contribution < 1.29 is 17.9 Å². The molecule has 2 aliphatic heterocycles. The van der Waals surface area contributed by atoms with Crippen LogP contribution in [0.3, 0.4) is 0 Å². The van der Waals surface area contributed by atoms with Gasteiger partial charge >= 0.3 is 0 Å². The van der Waals surface area contributed by atoms with Crippen molar-refractivity contribution >= 4 is 44.3 Å². The van der Waals surface area contributed by atoms with Gasteiger partial charge in [0.05, 0.1) is 34.4 Å². The summed E-state index contributed by atoms with van der Waals surface area (Å²) in [5.74, 6) is 0.246. The second-order valence-electron chi connectivity index (χ2n) is 8.49. The molecule has 11 heteroatoms. The van der Waals surface area contributed by atoms with E-state index in [1.54, 1.807) is 46.9 Å². The van der Waals surface area contributed by atoms with Gasteiger partial charge in [0.2, 0.25) is 15.9 Å². The van der Waals surface area contributed by atoms with Crippen molar-refractivity contribution in [3.8, 4) is 10.6 Å². The Hall–Kier alpha value is -2.31. The summed E-state index contributed by atoms with van der Waals surface area (Å²) in [6, 6.07) is 10.9. The second-order valence-corrected chi connectivity index (χ2v) is 12.2. The third-order valence-electron chi connectivity index (χ3n) is 6.22. The maximum Gasteiger partial charge on any atom is 0.243 e. The Labute approximate surface area is 213 Å². The first-order chi connectivity index (χ1) is 17.0. The maximum absolute atomic E-state index is 12.9. The number of rotatable bonds is 8. The zero-order valence-corrected chi connectivity index (χ0v) is 21.8. The molecule has 8 nitrogen and oxygen atoms in total. The highest BCUT2D eigenvalue weighted by molar-refractivity contribution is 7.89. The molecule has 2 saturated heterocycles. The number of hydrogen-bond acceptors (Lipinski definition) is 7. The smallest absolute Gasteiger partial charge is 0.243 e. The molecule has 0 spiro atoms. The van der Waals surface area contributed by atoms with Gasteiger partial charge in [-0.15, -0.1) is 22.7 Å². The summed E-state index contributed by atoms with van der Waals surface area (Å²) in [7, 11) is -3.53. The summed E-state index contributed by atoms with van der Waals surface area (Å²) in [6.07, 6.45) is 2.46. The number of amides is 1. The Morgan fingerprint density at radius 1 is 1.00 bits per heavy atom. The fourth-order valence-corrected chi connectivity index (χ4v) is 7.54. The number of carbonyl (C=O) groups is 1. The number of likely N-dealkylation sites (tertiary alicyclic amines) is 1. The van der Waals surface area contributed by atoms with E-state index in [1.165, 1.54) is 9.18 Å². The first-order valence-corrected chi connectivity index (χ1v) is 14.9. The van der Waals surface area contributed by atoms with Gasteiger partial charge in [0.25, 0.3) is 0 Å². The molecule has 1 amide bonds. The fourth-order valence-electron chi connectivity index (χ4n) is 4.36. The van der Waals surface area contributed by atoms with E-state index in [0.29, 0.717) is 38.4 Å². The van der Waals surface area contributed by atoms with Crippen molar-refractivity contribution in [2.24, 2.45) is 4.99 Å². The van der Waals surface area contributed by atoms with Gasteiger partial charge in [-0.05, 0) is 48.6 Å². The van der Waals surface area contributed by atoms with E-state index in [9.17, 15) is 13.2 Å². The minimum Gasteiger partial charge on any atom is -0.379 e. The molecule has 1 aromatic carbocycles. The van der Waals surface area contributed by atoms with Crippen LogP contribution in [-0.4, -0.2) is 67.5 Å². The quantitative estimate of drug-likeness (QED) is 0.444. The van der Waals surface area contributed by atoms with Gasteiger partial charge in [0.15, 0.2) is 4.80 Å².